The Morgan fingerprint density at radius 2 is 0.818 bits per heavy atom. The molecule has 0 atom stereocenters. The van der Waals surface area contributed by atoms with Gasteiger partial charge in [-0.15, -0.1) is 0 Å². The molecular formula is C38H56O6. The fourth-order valence-electron chi connectivity index (χ4n) is 14.7. The van der Waals surface area contributed by atoms with Crippen molar-refractivity contribution < 1.29 is 28.5 Å². The van der Waals surface area contributed by atoms with Crippen molar-refractivity contribution in [3.8, 4) is 0 Å². The highest BCUT2D eigenvalue weighted by Gasteiger charge is 2.68. The third-order valence-corrected chi connectivity index (χ3v) is 15.6. The molecule has 0 saturated heterocycles. The van der Waals surface area contributed by atoms with Gasteiger partial charge in [0, 0.05) is 36.9 Å². The van der Waals surface area contributed by atoms with Crippen LogP contribution in [0.25, 0.3) is 0 Å². The van der Waals surface area contributed by atoms with Crippen LogP contribution in [-0.2, 0) is 28.5 Å². The summed E-state index contributed by atoms with van der Waals surface area (Å²) in [7, 11) is 0. The summed E-state index contributed by atoms with van der Waals surface area (Å²) in [5.74, 6) is 5.78. The predicted molar refractivity (Wildman–Crippen MR) is 164 cm³/mol. The Morgan fingerprint density at radius 3 is 1.14 bits per heavy atom. The monoisotopic (exact) mass is 608 g/mol. The highest BCUT2D eigenvalue weighted by molar-refractivity contribution is 5.83. The summed E-state index contributed by atoms with van der Waals surface area (Å²) in [6.45, 7) is 6.52. The smallest absolute Gasteiger partial charge is 0.312 e. The van der Waals surface area contributed by atoms with Gasteiger partial charge in [-0.25, -0.2) is 0 Å². The first-order valence-electron chi connectivity index (χ1n) is 18.9. The van der Waals surface area contributed by atoms with Crippen molar-refractivity contribution in [3.63, 3.8) is 0 Å². The molecule has 0 aliphatic heterocycles. The number of rotatable bonds is 10. The minimum Gasteiger partial charge on any atom is -0.456 e. The van der Waals surface area contributed by atoms with Crippen molar-refractivity contribution in [3.05, 3.63) is 0 Å². The Morgan fingerprint density at radius 1 is 0.500 bits per heavy atom. The highest BCUT2D eigenvalue weighted by Crippen LogP contribution is 2.68. The summed E-state index contributed by atoms with van der Waals surface area (Å²) in [5, 5.41) is 0. The number of hydrogen-bond donors (Lipinski definition) is 0. The fourth-order valence-corrected chi connectivity index (χ4v) is 14.7. The Balaban J connectivity index is 0.995. The molecule has 12 saturated carbocycles. The van der Waals surface area contributed by atoms with Gasteiger partial charge in [-0.05, 0) is 152 Å². The maximum Gasteiger partial charge on any atom is 0.312 e. The first-order chi connectivity index (χ1) is 21.3. The lowest BCUT2D eigenvalue weighted by molar-refractivity contribution is -0.252. The number of carbonyl (C=O) groups is 2. The Hall–Kier alpha value is -1.14. The highest BCUT2D eigenvalue weighted by atomic mass is 16.6. The second kappa shape index (κ2) is 10.2. The number of esters is 2. The van der Waals surface area contributed by atoms with E-state index in [1.54, 1.807) is 0 Å². The molecule has 0 spiro atoms. The first-order valence-corrected chi connectivity index (χ1v) is 18.9. The van der Waals surface area contributed by atoms with E-state index in [0.29, 0.717) is 68.4 Å². The third kappa shape index (κ3) is 4.16. The van der Waals surface area contributed by atoms with Gasteiger partial charge in [-0.2, -0.15) is 0 Å². The zero-order valence-electron chi connectivity index (χ0n) is 27.4. The van der Waals surface area contributed by atoms with Crippen molar-refractivity contribution in [2.45, 2.75) is 128 Å². The van der Waals surface area contributed by atoms with Gasteiger partial charge in [0.05, 0.1) is 24.0 Å². The average molecular weight is 609 g/mol. The van der Waals surface area contributed by atoms with Crippen LogP contribution >= 0.6 is 0 Å². The van der Waals surface area contributed by atoms with E-state index in [1.807, 2.05) is 0 Å². The summed E-state index contributed by atoms with van der Waals surface area (Å²) < 4.78 is 26.3. The third-order valence-electron chi connectivity index (χ3n) is 15.6. The van der Waals surface area contributed by atoms with Crippen LogP contribution in [0.4, 0.5) is 0 Å². The quantitative estimate of drug-likeness (QED) is 0.246. The molecular weight excluding hydrogens is 552 g/mol. The molecule has 12 aliphatic carbocycles. The largest absolute Gasteiger partial charge is 0.456 e. The lowest BCUT2D eigenvalue weighted by Gasteiger charge is -2.63. The molecule has 44 heavy (non-hydrogen) atoms. The summed E-state index contributed by atoms with van der Waals surface area (Å²) in [6.07, 6.45) is 17.6. The lowest BCUT2D eigenvalue weighted by atomic mass is 9.44. The van der Waals surface area contributed by atoms with Gasteiger partial charge < -0.3 is 18.9 Å². The van der Waals surface area contributed by atoms with Crippen LogP contribution in [0.15, 0.2) is 0 Å². The van der Waals surface area contributed by atoms with Crippen molar-refractivity contribution >= 4 is 11.9 Å². The SMILES string of the molecule is CCOCC1(OC(=O)C23CC4CC(C2)CC(C(=O)OC2(COCC)C5CC6CC(C5)CC2C6)(C4)C3)C2CC3CC(C2)CC1C3. The predicted octanol–water partition coefficient (Wildman–Crippen LogP) is 7.12. The maximum atomic E-state index is 14.8. The minimum atomic E-state index is -0.547. The molecule has 0 unspecified atom stereocenters. The molecule has 0 N–H and O–H groups in total. The molecule has 0 aromatic rings. The van der Waals surface area contributed by atoms with Crippen molar-refractivity contribution in [2.24, 2.45) is 70.0 Å². The second-order valence-electron chi connectivity index (χ2n) is 18.1. The molecule has 244 valence electrons. The average Bonchev–Trinajstić information content (AvgIpc) is 2.98. The van der Waals surface area contributed by atoms with E-state index >= 15 is 0 Å². The number of ether oxygens (including phenoxy) is 4. The molecule has 0 amide bonds. The van der Waals surface area contributed by atoms with Crippen molar-refractivity contribution in [1.29, 1.82) is 0 Å². The van der Waals surface area contributed by atoms with Crippen LogP contribution < -0.4 is 0 Å². The standard InChI is InChI=1S/C38H56O6/c1-3-41-21-37(29-8-23-5-24(10-29)11-30(37)9-23)43-33(39)35-16-27-7-28(17-35)19-36(18-27,20-35)34(40)44-38(22-42-4-2)31-12-25-6-26(14-31)15-32(38)13-25/h23-32H,3-22H2,1-2H3. The minimum absolute atomic E-state index is 0.00889. The summed E-state index contributed by atoms with van der Waals surface area (Å²) >= 11 is 0. The molecule has 12 fully saturated rings. The molecule has 0 aromatic heterocycles. The molecule has 6 heteroatoms. The van der Waals surface area contributed by atoms with Gasteiger partial charge >= 0.3 is 11.9 Å². The van der Waals surface area contributed by atoms with E-state index in [9.17, 15) is 9.59 Å². The fraction of sp³-hybridized carbons (Fsp3) is 0.947. The number of carbonyl (C=O) groups excluding carboxylic acids is 2. The summed E-state index contributed by atoms with van der Waals surface area (Å²) in [6, 6.07) is 0. The number of hydrogen-bond acceptors (Lipinski definition) is 6. The Bertz CT molecular complexity index is 1020. The van der Waals surface area contributed by atoms with E-state index in [1.165, 1.54) is 64.2 Å². The van der Waals surface area contributed by atoms with E-state index in [2.05, 4.69) is 13.8 Å². The van der Waals surface area contributed by atoms with Crippen LogP contribution in [0, 0.1) is 70.0 Å². The van der Waals surface area contributed by atoms with Gasteiger partial charge in [-0.3, -0.25) is 9.59 Å². The molecule has 6 nitrogen and oxygen atoms in total. The van der Waals surface area contributed by atoms with Crippen LogP contribution in [0.1, 0.15) is 117 Å². The van der Waals surface area contributed by atoms with E-state index in [-0.39, 0.29) is 11.9 Å². The van der Waals surface area contributed by atoms with Gasteiger partial charge in [0.1, 0.15) is 11.2 Å². The van der Waals surface area contributed by atoms with Crippen molar-refractivity contribution in [2.75, 3.05) is 26.4 Å². The Kier molecular flexibility index (Phi) is 6.72. The molecule has 0 radical (unpaired) electrons. The van der Waals surface area contributed by atoms with Crippen LogP contribution in [-0.4, -0.2) is 49.6 Å². The van der Waals surface area contributed by atoms with E-state index in [4.69, 9.17) is 18.9 Å². The summed E-state index contributed by atoms with van der Waals surface area (Å²) in [4.78, 5) is 29.5. The maximum absolute atomic E-state index is 14.8. The molecule has 12 aliphatic rings. The van der Waals surface area contributed by atoms with Gasteiger partial charge in [0.15, 0.2) is 0 Å². The van der Waals surface area contributed by atoms with E-state index < -0.39 is 22.0 Å². The van der Waals surface area contributed by atoms with Crippen LogP contribution in [0.3, 0.4) is 0 Å². The molecule has 0 aromatic carbocycles. The summed E-state index contributed by atoms with van der Waals surface area (Å²) in [5.41, 5.74) is -2.04. The van der Waals surface area contributed by atoms with Crippen molar-refractivity contribution in [1.82, 2.24) is 0 Å². The second-order valence-corrected chi connectivity index (χ2v) is 18.1. The first kappa shape index (κ1) is 29.0. The van der Waals surface area contributed by atoms with Crippen LogP contribution in [0.5, 0.6) is 0 Å². The zero-order chi connectivity index (χ0) is 29.9. The molecule has 0 heterocycles. The topological polar surface area (TPSA) is 71.1 Å². The van der Waals surface area contributed by atoms with Gasteiger partial charge in [0.25, 0.3) is 0 Å². The van der Waals surface area contributed by atoms with Gasteiger partial charge in [-0.1, -0.05) is 0 Å². The Labute approximate surface area is 264 Å². The normalized spacial score (nSPS) is 53.8. The lowest BCUT2D eigenvalue weighted by Crippen LogP contribution is -2.66. The molecule has 12 rings (SSSR count). The van der Waals surface area contributed by atoms with Gasteiger partial charge in [0.2, 0.25) is 0 Å². The van der Waals surface area contributed by atoms with E-state index in [0.717, 1.165) is 55.8 Å². The zero-order valence-corrected chi connectivity index (χ0v) is 27.4. The van der Waals surface area contributed by atoms with Crippen LogP contribution in [0.2, 0.25) is 0 Å². The molecule has 12 bridgehead atoms.